The maximum Gasteiger partial charge on any atom is 0.416 e. The van der Waals surface area contributed by atoms with Gasteiger partial charge in [-0.05, 0) is 44.0 Å². The second kappa shape index (κ2) is 7.56. The number of imidazole rings is 1. The Hall–Kier alpha value is -2.98. The number of halogens is 4. The van der Waals surface area contributed by atoms with Crippen LogP contribution >= 0.6 is 11.6 Å². The van der Waals surface area contributed by atoms with Crippen LogP contribution in [-0.2, 0) is 6.18 Å². The highest BCUT2D eigenvalue weighted by atomic mass is 35.5. The molecule has 1 aromatic carbocycles. The van der Waals surface area contributed by atoms with Crippen molar-refractivity contribution in [1.82, 2.24) is 14.5 Å². The number of ether oxygens (including phenoxy) is 1. The van der Waals surface area contributed by atoms with Gasteiger partial charge in [0.15, 0.2) is 0 Å². The molecule has 28 heavy (non-hydrogen) atoms. The number of benzene rings is 1. The van der Waals surface area contributed by atoms with Gasteiger partial charge in [-0.2, -0.15) is 13.2 Å². The summed E-state index contributed by atoms with van der Waals surface area (Å²) in [6.45, 7) is 3.45. The molecule has 3 aromatic rings. The zero-order valence-electron chi connectivity index (χ0n) is 15.2. The van der Waals surface area contributed by atoms with Crippen LogP contribution in [0, 0.1) is 25.7 Å². The molecule has 0 spiro atoms. The lowest BCUT2D eigenvalue weighted by Crippen LogP contribution is -2.08. The highest BCUT2D eigenvalue weighted by Gasteiger charge is 2.32. The van der Waals surface area contributed by atoms with Gasteiger partial charge in [-0.15, -0.1) is 0 Å². The van der Waals surface area contributed by atoms with Crippen LogP contribution in [-0.4, -0.2) is 21.6 Å². The summed E-state index contributed by atoms with van der Waals surface area (Å²) in [7, 11) is 1.32. The Morgan fingerprint density at radius 3 is 2.50 bits per heavy atom. The highest BCUT2D eigenvalue weighted by Crippen LogP contribution is 2.34. The molecule has 0 aliphatic rings. The topological polar surface area (TPSA) is 39.9 Å². The van der Waals surface area contributed by atoms with Crippen molar-refractivity contribution in [2.45, 2.75) is 20.0 Å². The van der Waals surface area contributed by atoms with E-state index in [2.05, 4.69) is 21.8 Å². The number of hydrogen-bond donors (Lipinski definition) is 0. The maximum absolute atomic E-state index is 13.2. The smallest absolute Gasteiger partial charge is 0.416 e. The Labute approximate surface area is 165 Å². The van der Waals surface area contributed by atoms with Crippen LogP contribution in [0.4, 0.5) is 13.2 Å². The van der Waals surface area contributed by atoms with E-state index >= 15 is 0 Å². The molecule has 0 aliphatic heterocycles. The van der Waals surface area contributed by atoms with Crippen LogP contribution < -0.4 is 4.74 Å². The molecule has 8 heteroatoms. The summed E-state index contributed by atoms with van der Waals surface area (Å²) in [5, 5.41) is 0.321. The third-order valence-corrected chi connectivity index (χ3v) is 4.25. The van der Waals surface area contributed by atoms with Gasteiger partial charge >= 0.3 is 6.18 Å². The van der Waals surface area contributed by atoms with Crippen molar-refractivity contribution < 1.29 is 17.9 Å². The zero-order valence-corrected chi connectivity index (χ0v) is 16.0. The van der Waals surface area contributed by atoms with Crippen molar-refractivity contribution in [3.8, 4) is 23.3 Å². The summed E-state index contributed by atoms with van der Waals surface area (Å²) >= 11 is 5.85. The number of hydrogen-bond acceptors (Lipinski definition) is 3. The fraction of sp³-hybridized carbons (Fsp3) is 0.200. The number of aryl methyl sites for hydroxylation is 1. The standard InChI is InChI=1S/C20H15ClF3N3O/c1-12-18(5-4-14-6-7-25-19(21)8-14)26-13(2)27(12)16-9-15(20(22,23)24)10-17(11-16)28-3/h6-11H,1-3H3. The molecule has 144 valence electrons. The average molecular weight is 406 g/mol. The lowest BCUT2D eigenvalue weighted by Gasteiger charge is -2.14. The molecule has 0 atom stereocenters. The lowest BCUT2D eigenvalue weighted by atomic mass is 10.1. The predicted octanol–water partition coefficient (Wildman–Crippen LogP) is 4.96. The summed E-state index contributed by atoms with van der Waals surface area (Å²) < 4.78 is 46.3. The molecule has 0 saturated carbocycles. The largest absolute Gasteiger partial charge is 0.497 e. The number of methoxy groups -OCH3 is 1. The van der Waals surface area contributed by atoms with Crippen molar-refractivity contribution in [3.63, 3.8) is 0 Å². The maximum atomic E-state index is 13.2. The van der Waals surface area contributed by atoms with E-state index in [4.69, 9.17) is 16.3 Å². The van der Waals surface area contributed by atoms with Crippen molar-refractivity contribution >= 4 is 11.6 Å². The normalized spacial score (nSPS) is 11.1. The monoisotopic (exact) mass is 405 g/mol. The van der Waals surface area contributed by atoms with Gasteiger partial charge in [-0.3, -0.25) is 4.57 Å². The second-order valence-corrected chi connectivity index (χ2v) is 6.35. The minimum atomic E-state index is -4.49. The summed E-state index contributed by atoms with van der Waals surface area (Å²) in [5.74, 6) is 6.49. The van der Waals surface area contributed by atoms with Gasteiger partial charge in [0.25, 0.3) is 0 Å². The molecule has 0 bridgehead atoms. The van der Waals surface area contributed by atoms with Gasteiger partial charge in [0.05, 0.1) is 24.1 Å². The van der Waals surface area contributed by atoms with Crippen molar-refractivity contribution in [1.29, 1.82) is 0 Å². The molecule has 0 fully saturated rings. The number of aromatic nitrogens is 3. The zero-order chi connectivity index (χ0) is 20.5. The minimum absolute atomic E-state index is 0.108. The summed E-state index contributed by atoms with van der Waals surface area (Å²) in [5.41, 5.74) is 1.24. The molecule has 0 saturated heterocycles. The van der Waals surface area contributed by atoms with E-state index in [1.807, 2.05) is 0 Å². The first-order valence-corrected chi connectivity index (χ1v) is 8.53. The fourth-order valence-electron chi connectivity index (χ4n) is 2.75. The van der Waals surface area contributed by atoms with Crippen LogP contribution in [0.3, 0.4) is 0 Å². The fourth-order valence-corrected chi connectivity index (χ4v) is 2.92. The molecule has 2 aromatic heterocycles. The number of pyridine rings is 1. The number of nitrogens with zero attached hydrogens (tertiary/aromatic N) is 3. The molecule has 0 radical (unpaired) electrons. The summed E-state index contributed by atoms with van der Waals surface area (Å²) in [6.07, 6.45) is -2.95. The molecule has 3 rings (SSSR count). The van der Waals surface area contributed by atoms with Crippen molar-refractivity contribution in [2.75, 3.05) is 7.11 Å². The van der Waals surface area contributed by atoms with Gasteiger partial charge in [0.2, 0.25) is 0 Å². The molecule has 0 amide bonds. The van der Waals surface area contributed by atoms with E-state index in [1.165, 1.54) is 19.4 Å². The van der Waals surface area contributed by atoms with Crippen LogP contribution in [0.25, 0.3) is 5.69 Å². The van der Waals surface area contributed by atoms with E-state index in [-0.39, 0.29) is 5.75 Å². The molecule has 0 N–H and O–H groups in total. The van der Waals surface area contributed by atoms with E-state index in [0.717, 1.165) is 12.1 Å². The Morgan fingerprint density at radius 2 is 1.86 bits per heavy atom. The SMILES string of the molecule is COc1cc(-n2c(C)nc(C#Cc3ccnc(Cl)c3)c2C)cc(C(F)(F)F)c1. The molecule has 0 aliphatic carbocycles. The first kappa shape index (κ1) is 19.8. The minimum Gasteiger partial charge on any atom is -0.497 e. The van der Waals surface area contributed by atoms with Crippen LogP contribution in [0.5, 0.6) is 5.75 Å². The van der Waals surface area contributed by atoms with E-state index in [0.29, 0.717) is 33.6 Å². The highest BCUT2D eigenvalue weighted by molar-refractivity contribution is 6.29. The van der Waals surface area contributed by atoms with E-state index in [9.17, 15) is 13.2 Å². The third kappa shape index (κ3) is 4.12. The van der Waals surface area contributed by atoms with Crippen LogP contribution in [0.1, 0.15) is 28.3 Å². The van der Waals surface area contributed by atoms with E-state index in [1.54, 1.807) is 30.5 Å². The number of alkyl halides is 3. The first-order chi connectivity index (χ1) is 13.2. The van der Waals surface area contributed by atoms with Gasteiger partial charge in [0.1, 0.15) is 22.4 Å². The third-order valence-electron chi connectivity index (χ3n) is 4.04. The molecule has 0 unspecified atom stereocenters. The number of rotatable bonds is 2. The lowest BCUT2D eigenvalue weighted by molar-refractivity contribution is -0.137. The molecular weight excluding hydrogens is 391 g/mol. The van der Waals surface area contributed by atoms with Crippen LogP contribution in [0.15, 0.2) is 36.5 Å². The second-order valence-electron chi connectivity index (χ2n) is 5.96. The Balaban J connectivity index is 2.08. The van der Waals surface area contributed by atoms with E-state index < -0.39 is 11.7 Å². The quantitative estimate of drug-likeness (QED) is 0.446. The summed E-state index contributed by atoms with van der Waals surface area (Å²) in [6, 6.07) is 6.86. The molecule has 4 nitrogen and oxygen atoms in total. The molecular formula is C20H15ClF3N3O. The molecule has 2 heterocycles. The van der Waals surface area contributed by atoms with Crippen molar-refractivity contribution in [3.05, 3.63) is 70.0 Å². The van der Waals surface area contributed by atoms with Gasteiger partial charge < -0.3 is 4.74 Å². The Kier molecular flexibility index (Phi) is 5.34. The first-order valence-electron chi connectivity index (χ1n) is 8.15. The van der Waals surface area contributed by atoms with Gasteiger partial charge in [-0.25, -0.2) is 9.97 Å². The average Bonchev–Trinajstić information content (AvgIpc) is 2.92. The summed E-state index contributed by atoms with van der Waals surface area (Å²) in [4.78, 5) is 8.28. The Bertz CT molecular complexity index is 1090. The van der Waals surface area contributed by atoms with Crippen molar-refractivity contribution in [2.24, 2.45) is 0 Å². The predicted molar refractivity (Wildman–Crippen MR) is 99.8 cm³/mol. The Morgan fingerprint density at radius 1 is 1.11 bits per heavy atom. The van der Waals surface area contributed by atoms with Gasteiger partial charge in [-0.1, -0.05) is 17.5 Å². The van der Waals surface area contributed by atoms with Gasteiger partial charge in [0, 0.05) is 17.8 Å². The van der Waals surface area contributed by atoms with Crippen LogP contribution in [0.2, 0.25) is 5.15 Å².